The summed E-state index contributed by atoms with van der Waals surface area (Å²) in [5, 5.41) is 14.4. The van der Waals surface area contributed by atoms with Crippen molar-refractivity contribution in [2.24, 2.45) is 0 Å². The molecular weight excluding hydrogens is 262 g/mol. The van der Waals surface area contributed by atoms with E-state index in [-0.39, 0.29) is 6.10 Å². The zero-order chi connectivity index (χ0) is 14.5. The van der Waals surface area contributed by atoms with Gasteiger partial charge in [-0.2, -0.15) is 5.10 Å². The highest BCUT2D eigenvalue weighted by atomic mass is 16.3. The van der Waals surface area contributed by atoms with Gasteiger partial charge in [-0.25, -0.2) is 0 Å². The van der Waals surface area contributed by atoms with Crippen molar-refractivity contribution in [1.82, 2.24) is 14.7 Å². The first-order valence-corrected chi connectivity index (χ1v) is 7.75. The van der Waals surface area contributed by atoms with Gasteiger partial charge in [-0.05, 0) is 37.4 Å². The van der Waals surface area contributed by atoms with Crippen LogP contribution in [0.15, 0.2) is 48.8 Å². The molecule has 0 radical (unpaired) electrons. The Hall–Kier alpha value is -1.65. The van der Waals surface area contributed by atoms with Gasteiger partial charge in [0.2, 0.25) is 0 Å². The van der Waals surface area contributed by atoms with E-state index in [0.29, 0.717) is 12.6 Å². The van der Waals surface area contributed by atoms with Gasteiger partial charge in [-0.1, -0.05) is 30.3 Å². The third-order valence-electron chi connectivity index (χ3n) is 4.22. The predicted molar refractivity (Wildman–Crippen MR) is 83.0 cm³/mol. The summed E-state index contributed by atoms with van der Waals surface area (Å²) in [7, 11) is 0. The summed E-state index contributed by atoms with van der Waals surface area (Å²) in [5.74, 6) is 0. The molecule has 3 rings (SSSR count). The van der Waals surface area contributed by atoms with Crippen molar-refractivity contribution in [3.05, 3.63) is 54.4 Å². The summed E-state index contributed by atoms with van der Waals surface area (Å²) < 4.78 is 1.80. The maximum Gasteiger partial charge on any atom is 0.0862 e. The molecule has 0 amide bonds. The monoisotopic (exact) mass is 285 g/mol. The molecule has 1 aliphatic rings. The minimum absolute atomic E-state index is 0.360. The standard InChI is InChI=1S/C17H23N3O/c21-17(14-20-11-5-9-18-20)13-19-10-4-8-16(19)12-15-6-2-1-3-7-15/h1-3,5-7,9,11,16-17,21H,4,8,10,12-14H2/t16-,17-/m0/s1. The fourth-order valence-electron chi connectivity index (χ4n) is 3.21. The molecular formula is C17H23N3O. The second-order valence-electron chi connectivity index (χ2n) is 5.86. The first-order valence-electron chi connectivity index (χ1n) is 7.75. The third kappa shape index (κ3) is 3.93. The zero-order valence-electron chi connectivity index (χ0n) is 12.3. The normalized spacial score (nSPS) is 20.7. The Morgan fingerprint density at radius 1 is 1.19 bits per heavy atom. The maximum atomic E-state index is 10.3. The molecule has 0 spiro atoms. The fourth-order valence-corrected chi connectivity index (χ4v) is 3.21. The largest absolute Gasteiger partial charge is 0.390 e. The summed E-state index contributed by atoms with van der Waals surface area (Å²) in [4.78, 5) is 2.43. The molecule has 1 aliphatic heterocycles. The molecule has 0 unspecified atom stereocenters. The van der Waals surface area contributed by atoms with E-state index < -0.39 is 0 Å². The van der Waals surface area contributed by atoms with E-state index in [1.54, 1.807) is 10.9 Å². The van der Waals surface area contributed by atoms with E-state index in [0.717, 1.165) is 19.5 Å². The Morgan fingerprint density at radius 2 is 2.05 bits per heavy atom. The summed E-state index contributed by atoms with van der Waals surface area (Å²) in [5.41, 5.74) is 1.39. The average Bonchev–Trinajstić information content (AvgIpc) is 3.13. The molecule has 0 saturated carbocycles. The van der Waals surface area contributed by atoms with E-state index in [4.69, 9.17) is 0 Å². The SMILES string of the molecule is O[C@@H](CN1CCC[C@H]1Cc1ccccc1)Cn1cccn1. The van der Waals surface area contributed by atoms with Crippen LogP contribution in [0.1, 0.15) is 18.4 Å². The Bertz CT molecular complexity index is 526. The molecule has 2 heterocycles. The molecule has 21 heavy (non-hydrogen) atoms. The zero-order valence-corrected chi connectivity index (χ0v) is 12.3. The summed E-state index contributed by atoms with van der Waals surface area (Å²) >= 11 is 0. The van der Waals surface area contributed by atoms with Gasteiger partial charge in [0.1, 0.15) is 0 Å². The van der Waals surface area contributed by atoms with Crippen molar-refractivity contribution >= 4 is 0 Å². The van der Waals surface area contributed by atoms with Crippen LogP contribution >= 0.6 is 0 Å². The molecule has 1 aromatic carbocycles. The van der Waals surface area contributed by atoms with Crippen LogP contribution in [-0.2, 0) is 13.0 Å². The summed E-state index contributed by atoms with van der Waals surface area (Å²) in [6.07, 6.45) is 6.82. The van der Waals surface area contributed by atoms with Crippen molar-refractivity contribution in [1.29, 1.82) is 0 Å². The lowest BCUT2D eigenvalue weighted by molar-refractivity contribution is 0.0890. The van der Waals surface area contributed by atoms with Crippen molar-refractivity contribution < 1.29 is 5.11 Å². The molecule has 0 aliphatic carbocycles. The average molecular weight is 285 g/mol. The first-order chi connectivity index (χ1) is 10.3. The van der Waals surface area contributed by atoms with Crippen molar-refractivity contribution in [2.75, 3.05) is 13.1 Å². The van der Waals surface area contributed by atoms with Gasteiger partial charge in [0, 0.05) is 25.0 Å². The van der Waals surface area contributed by atoms with E-state index in [2.05, 4.69) is 40.3 Å². The number of likely N-dealkylation sites (tertiary alicyclic amines) is 1. The maximum absolute atomic E-state index is 10.3. The van der Waals surface area contributed by atoms with Gasteiger partial charge in [0.05, 0.1) is 12.6 Å². The Kier molecular flexibility index (Phi) is 4.68. The lowest BCUT2D eigenvalue weighted by Crippen LogP contribution is -2.39. The summed E-state index contributed by atoms with van der Waals surface area (Å²) in [6, 6.07) is 13.1. The van der Waals surface area contributed by atoms with Gasteiger partial charge in [-0.3, -0.25) is 9.58 Å². The predicted octanol–water partition coefficient (Wildman–Crippen LogP) is 1.95. The van der Waals surface area contributed by atoms with Crippen LogP contribution in [0.5, 0.6) is 0 Å². The molecule has 4 heteroatoms. The minimum atomic E-state index is -0.360. The van der Waals surface area contributed by atoms with Crippen LogP contribution in [0.25, 0.3) is 0 Å². The Labute approximate surface area is 126 Å². The van der Waals surface area contributed by atoms with Gasteiger partial charge in [-0.15, -0.1) is 0 Å². The van der Waals surface area contributed by atoms with Gasteiger partial charge >= 0.3 is 0 Å². The van der Waals surface area contributed by atoms with E-state index in [1.165, 1.54) is 18.4 Å². The quantitative estimate of drug-likeness (QED) is 0.882. The number of nitrogens with zero attached hydrogens (tertiary/aromatic N) is 3. The molecule has 4 nitrogen and oxygen atoms in total. The number of aromatic nitrogens is 2. The van der Waals surface area contributed by atoms with Crippen LogP contribution in [0.2, 0.25) is 0 Å². The molecule has 2 aromatic rings. The highest BCUT2D eigenvalue weighted by molar-refractivity contribution is 5.16. The van der Waals surface area contributed by atoms with Crippen molar-refractivity contribution in [3.63, 3.8) is 0 Å². The molecule has 1 N–H and O–H groups in total. The third-order valence-corrected chi connectivity index (χ3v) is 4.22. The number of hydrogen-bond acceptors (Lipinski definition) is 3. The number of rotatable bonds is 6. The number of hydrogen-bond donors (Lipinski definition) is 1. The van der Waals surface area contributed by atoms with Crippen molar-refractivity contribution in [3.8, 4) is 0 Å². The second kappa shape index (κ2) is 6.87. The lowest BCUT2D eigenvalue weighted by Gasteiger charge is -2.27. The van der Waals surface area contributed by atoms with Gasteiger partial charge < -0.3 is 5.11 Å². The van der Waals surface area contributed by atoms with Crippen LogP contribution < -0.4 is 0 Å². The minimum Gasteiger partial charge on any atom is -0.390 e. The van der Waals surface area contributed by atoms with E-state index in [1.807, 2.05) is 12.3 Å². The van der Waals surface area contributed by atoms with E-state index in [9.17, 15) is 5.11 Å². The molecule has 0 bridgehead atoms. The molecule has 1 saturated heterocycles. The molecule has 2 atom stereocenters. The second-order valence-corrected chi connectivity index (χ2v) is 5.86. The van der Waals surface area contributed by atoms with Crippen LogP contribution in [-0.4, -0.2) is 45.0 Å². The number of β-amino-alcohol motifs (C(OH)–C–C–N with tert-alkyl or cyclic N) is 1. The van der Waals surface area contributed by atoms with Crippen molar-refractivity contribution in [2.45, 2.75) is 38.0 Å². The van der Waals surface area contributed by atoms with Gasteiger partial charge in [0.15, 0.2) is 0 Å². The smallest absolute Gasteiger partial charge is 0.0862 e. The van der Waals surface area contributed by atoms with E-state index >= 15 is 0 Å². The lowest BCUT2D eigenvalue weighted by atomic mass is 10.0. The number of benzene rings is 1. The number of aliphatic hydroxyl groups is 1. The fraction of sp³-hybridized carbons (Fsp3) is 0.471. The topological polar surface area (TPSA) is 41.3 Å². The molecule has 1 fully saturated rings. The van der Waals surface area contributed by atoms with Crippen LogP contribution in [0, 0.1) is 0 Å². The highest BCUT2D eigenvalue weighted by Crippen LogP contribution is 2.21. The summed E-state index contributed by atoms with van der Waals surface area (Å²) in [6.45, 7) is 2.40. The Balaban J connectivity index is 1.54. The highest BCUT2D eigenvalue weighted by Gasteiger charge is 2.26. The molecule has 112 valence electrons. The molecule has 1 aromatic heterocycles. The van der Waals surface area contributed by atoms with Gasteiger partial charge in [0.25, 0.3) is 0 Å². The first kappa shape index (κ1) is 14.3. The Morgan fingerprint density at radius 3 is 2.81 bits per heavy atom. The number of aliphatic hydroxyl groups excluding tert-OH is 1. The van der Waals surface area contributed by atoms with Crippen LogP contribution in [0.3, 0.4) is 0 Å². The van der Waals surface area contributed by atoms with Crippen LogP contribution in [0.4, 0.5) is 0 Å².